The first-order chi connectivity index (χ1) is 6.52. The Hall–Kier alpha value is 0.350. The van der Waals surface area contributed by atoms with Gasteiger partial charge in [0.05, 0.1) is 0 Å². The normalized spacial score (nSPS) is 14.4. The van der Waals surface area contributed by atoms with Gasteiger partial charge in [-0.3, -0.25) is 0 Å². The van der Waals surface area contributed by atoms with Crippen molar-refractivity contribution in [2.24, 2.45) is 11.3 Å². The van der Waals surface area contributed by atoms with E-state index in [1.54, 1.807) is 0 Å². The largest absolute Gasteiger partial charge is 0.165 e. The molecule has 1 heteroatoms. The first kappa shape index (κ1) is 14.3. The molecule has 0 saturated heterocycles. The number of thioether (sulfide) groups is 1. The molecule has 0 fully saturated rings. The van der Waals surface area contributed by atoms with Crippen molar-refractivity contribution in [3.05, 3.63) is 0 Å². The molecule has 0 N–H and O–H groups in total. The molecule has 0 aromatic carbocycles. The minimum atomic E-state index is 0.509. The Labute approximate surface area is 95.2 Å². The van der Waals surface area contributed by atoms with Gasteiger partial charge in [0.15, 0.2) is 0 Å². The van der Waals surface area contributed by atoms with Crippen LogP contribution in [-0.4, -0.2) is 12.0 Å². The third-order valence-corrected chi connectivity index (χ3v) is 3.71. The molecule has 0 aromatic heterocycles. The molecule has 0 amide bonds. The van der Waals surface area contributed by atoms with Crippen LogP contribution in [0.3, 0.4) is 0 Å². The van der Waals surface area contributed by atoms with E-state index in [0.717, 1.165) is 5.92 Å². The molecule has 0 rings (SSSR count). The van der Waals surface area contributed by atoms with E-state index in [1.165, 1.54) is 37.9 Å². The van der Waals surface area contributed by atoms with Crippen molar-refractivity contribution in [2.75, 3.05) is 12.0 Å². The maximum Gasteiger partial charge on any atom is -0.00703 e. The van der Waals surface area contributed by atoms with Crippen LogP contribution in [0.25, 0.3) is 0 Å². The van der Waals surface area contributed by atoms with Crippen LogP contribution in [0.15, 0.2) is 0 Å². The molecular formula is C13H28S. The molecule has 0 heterocycles. The lowest BCUT2D eigenvalue weighted by Crippen LogP contribution is -2.20. The van der Waals surface area contributed by atoms with Gasteiger partial charge in [0, 0.05) is 0 Å². The maximum atomic E-state index is 2.39. The molecule has 0 aliphatic rings. The summed E-state index contributed by atoms with van der Waals surface area (Å²) < 4.78 is 0. The quantitative estimate of drug-likeness (QED) is 0.541. The molecule has 1 unspecified atom stereocenters. The summed E-state index contributed by atoms with van der Waals surface area (Å²) in [6.45, 7) is 9.48. The highest BCUT2D eigenvalue weighted by Crippen LogP contribution is 2.33. The van der Waals surface area contributed by atoms with E-state index in [0.29, 0.717) is 5.41 Å². The molecule has 14 heavy (non-hydrogen) atoms. The van der Waals surface area contributed by atoms with E-state index in [4.69, 9.17) is 0 Å². The van der Waals surface area contributed by atoms with Gasteiger partial charge < -0.3 is 0 Å². The van der Waals surface area contributed by atoms with Gasteiger partial charge in [-0.1, -0.05) is 47.0 Å². The summed E-state index contributed by atoms with van der Waals surface area (Å²) in [6.07, 6.45) is 9.19. The molecule has 86 valence electrons. The molecule has 1 atom stereocenters. The van der Waals surface area contributed by atoms with E-state index in [2.05, 4.69) is 34.0 Å². The van der Waals surface area contributed by atoms with Crippen molar-refractivity contribution < 1.29 is 0 Å². The van der Waals surface area contributed by atoms with Crippen LogP contribution < -0.4 is 0 Å². The average molecular weight is 216 g/mol. The van der Waals surface area contributed by atoms with Crippen LogP contribution in [0.2, 0.25) is 0 Å². The van der Waals surface area contributed by atoms with Crippen molar-refractivity contribution in [1.29, 1.82) is 0 Å². The predicted octanol–water partition coefficient (Wildman–Crippen LogP) is 4.98. The zero-order chi connectivity index (χ0) is 11.0. The van der Waals surface area contributed by atoms with Crippen LogP contribution >= 0.6 is 11.8 Å². The smallest absolute Gasteiger partial charge is 0.00703 e. The van der Waals surface area contributed by atoms with Gasteiger partial charge in [-0.25, -0.2) is 0 Å². The number of unbranched alkanes of at least 4 members (excludes halogenated alkanes) is 1. The van der Waals surface area contributed by atoms with Crippen LogP contribution in [0.4, 0.5) is 0 Å². The summed E-state index contributed by atoms with van der Waals surface area (Å²) >= 11 is 1.97. The fourth-order valence-electron chi connectivity index (χ4n) is 2.00. The molecule has 0 bridgehead atoms. The van der Waals surface area contributed by atoms with Crippen LogP contribution in [0.5, 0.6) is 0 Å². The summed E-state index contributed by atoms with van der Waals surface area (Å²) in [5, 5.41) is 0. The van der Waals surface area contributed by atoms with E-state index < -0.39 is 0 Å². The molecule has 0 saturated carbocycles. The Balaban J connectivity index is 3.74. The van der Waals surface area contributed by atoms with Gasteiger partial charge >= 0.3 is 0 Å². The van der Waals surface area contributed by atoms with Gasteiger partial charge in [0.25, 0.3) is 0 Å². The van der Waals surface area contributed by atoms with Gasteiger partial charge in [-0.15, -0.1) is 0 Å². The fourth-order valence-corrected chi connectivity index (χ4v) is 2.49. The third kappa shape index (κ3) is 6.75. The Morgan fingerprint density at radius 1 is 1.07 bits per heavy atom. The lowest BCUT2D eigenvalue weighted by Gasteiger charge is -2.30. The van der Waals surface area contributed by atoms with Gasteiger partial charge in [-0.05, 0) is 36.2 Å². The van der Waals surface area contributed by atoms with Crippen molar-refractivity contribution in [1.82, 2.24) is 0 Å². The lowest BCUT2D eigenvalue weighted by atomic mass is 9.75. The number of rotatable bonds is 7. The minimum absolute atomic E-state index is 0.509. The van der Waals surface area contributed by atoms with Crippen molar-refractivity contribution >= 4 is 11.8 Å². The average Bonchev–Trinajstić information content (AvgIpc) is 2.08. The third-order valence-electron chi connectivity index (χ3n) is 3.01. The molecule has 0 aliphatic heterocycles. The Bertz CT molecular complexity index is 124. The number of hydrogen-bond donors (Lipinski definition) is 0. The van der Waals surface area contributed by atoms with E-state index in [9.17, 15) is 0 Å². The summed E-state index contributed by atoms with van der Waals surface area (Å²) in [6, 6.07) is 0. The zero-order valence-electron chi connectivity index (χ0n) is 10.7. The first-order valence-electron chi connectivity index (χ1n) is 6.01. The second-order valence-corrected chi connectivity index (χ2v) is 6.33. The van der Waals surface area contributed by atoms with E-state index >= 15 is 0 Å². The monoisotopic (exact) mass is 216 g/mol. The second-order valence-electron chi connectivity index (χ2n) is 5.34. The van der Waals surface area contributed by atoms with Crippen molar-refractivity contribution in [2.45, 2.75) is 59.8 Å². The molecule has 0 aromatic rings. The zero-order valence-corrected chi connectivity index (χ0v) is 11.5. The Kier molecular flexibility index (Phi) is 7.81. The Morgan fingerprint density at radius 2 is 1.71 bits per heavy atom. The number of hydrogen-bond acceptors (Lipinski definition) is 1. The Morgan fingerprint density at radius 3 is 2.14 bits per heavy atom. The SMILES string of the molecule is CCCC(CCCCSC)C(C)(C)C. The van der Waals surface area contributed by atoms with Crippen LogP contribution in [0, 0.1) is 11.3 Å². The fraction of sp³-hybridized carbons (Fsp3) is 1.00. The van der Waals surface area contributed by atoms with Crippen LogP contribution in [0.1, 0.15) is 59.8 Å². The molecule has 0 nitrogen and oxygen atoms in total. The highest BCUT2D eigenvalue weighted by Gasteiger charge is 2.22. The summed E-state index contributed by atoms with van der Waals surface area (Å²) in [5.41, 5.74) is 0.509. The lowest BCUT2D eigenvalue weighted by molar-refractivity contribution is 0.206. The molecular weight excluding hydrogens is 188 g/mol. The second kappa shape index (κ2) is 7.62. The van der Waals surface area contributed by atoms with Crippen LogP contribution in [-0.2, 0) is 0 Å². The highest BCUT2D eigenvalue weighted by molar-refractivity contribution is 7.98. The standard InChI is InChI=1S/C13H28S/c1-6-9-12(13(2,3)4)10-7-8-11-14-5/h12H,6-11H2,1-5H3. The van der Waals surface area contributed by atoms with E-state index in [-0.39, 0.29) is 0 Å². The van der Waals surface area contributed by atoms with Crippen molar-refractivity contribution in [3.63, 3.8) is 0 Å². The summed E-state index contributed by atoms with van der Waals surface area (Å²) in [4.78, 5) is 0. The molecule has 0 aliphatic carbocycles. The van der Waals surface area contributed by atoms with Gasteiger partial charge in [0.1, 0.15) is 0 Å². The van der Waals surface area contributed by atoms with E-state index in [1.807, 2.05) is 11.8 Å². The highest BCUT2D eigenvalue weighted by atomic mass is 32.2. The van der Waals surface area contributed by atoms with Gasteiger partial charge in [0.2, 0.25) is 0 Å². The first-order valence-corrected chi connectivity index (χ1v) is 7.40. The molecule has 0 radical (unpaired) electrons. The van der Waals surface area contributed by atoms with Crippen molar-refractivity contribution in [3.8, 4) is 0 Å². The topological polar surface area (TPSA) is 0 Å². The maximum absolute atomic E-state index is 2.39. The summed E-state index contributed by atoms with van der Waals surface area (Å²) in [5.74, 6) is 2.26. The molecule has 0 spiro atoms. The summed E-state index contributed by atoms with van der Waals surface area (Å²) in [7, 11) is 0. The van der Waals surface area contributed by atoms with Gasteiger partial charge in [-0.2, -0.15) is 11.8 Å². The minimum Gasteiger partial charge on any atom is -0.165 e. The predicted molar refractivity (Wildman–Crippen MR) is 70.1 cm³/mol.